The maximum atomic E-state index is 5.72. The fourth-order valence-electron chi connectivity index (χ4n) is 1.64. The maximum Gasteiger partial charge on any atom is 0.238 e. The Bertz CT molecular complexity index is 322. The minimum atomic E-state index is -0.157. The first kappa shape index (κ1) is 8.35. The van der Waals surface area contributed by atoms with Crippen LogP contribution in [0.15, 0.2) is 12.3 Å². The van der Waals surface area contributed by atoms with E-state index in [0.29, 0.717) is 5.88 Å². The Morgan fingerprint density at radius 3 is 3.15 bits per heavy atom. The van der Waals surface area contributed by atoms with E-state index < -0.39 is 0 Å². The number of rotatable bonds is 0. The molecule has 0 spiro atoms. The fourth-order valence-corrected chi connectivity index (χ4v) is 1.64. The minimum Gasteiger partial charge on any atom is -0.468 e. The summed E-state index contributed by atoms with van der Waals surface area (Å²) in [6.07, 6.45) is 1.63. The average Bonchev–Trinajstić information content (AvgIpc) is 2.02. The van der Waals surface area contributed by atoms with E-state index >= 15 is 0 Å². The zero-order chi connectivity index (χ0) is 9.47. The summed E-state index contributed by atoms with van der Waals surface area (Å²) >= 11 is 0. The zero-order valence-corrected chi connectivity index (χ0v) is 8.16. The predicted octanol–water partition coefficient (Wildman–Crippen LogP) is 1.49. The van der Waals surface area contributed by atoms with Crippen molar-refractivity contribution in [2.45, 2.75) is 19.4 Å². The molecule has 0 atom stereocenters. The summed E-state index contributed by atoms with van der Waals surface area (Å²) in [5.41, 5.74) is 0.859. The van der Waals surface area contributed by atoms with Crippen molar-refractivity contribution in [1.29, 1.82) is 0 Å². The van der Waals surface area contributed by atoms with Crippen LogP contribution in [0.4, 0.5) is 5.69 Å². The topological polar surface area (TPSA) is 25.4 Å². The zero-order valence-electron chi connectivity index (χ0n) is 8.16. The Morgan fingerprint density at radius 2 is 2.38 bits per heavy atom. The van der Waals surface area contributed by atoms with E-state index in [1.54, 1.807) is 6.20 Å². The third-order valence-electron chi connectivity index (χ3n) is 2.10. The van der Waals surface area contributed by atoms with Crippen molar-refractivity contribution >= 4 is 5.69 Å². The smallest absolute Gasteiger partial charge is 0.238 e. The average molecular weight is 177 g/mol. The van der Waals surface area contributed by atoms with Crippen molar-refractivity contribution in [1.82, 2.24) is 4.98 Å². The maximum absolute atomic E-state index is 5.72. The molecule has 0 fully saturated rings. The van der Waals surface area contributed by atoms with Crippen LogP contribution in [0.2, 0.25) is 0 Å². The van der Waals surface area contributed by atoms with Gasteiger partial charge in [-0.3, -0.25) is 0 Å². The van der Waals surface area contributed by atoms with Gasteiger partial charge in [0.15, 0.2) is 0 Å². The van der Waals surface area contributed by atoms with Crippen LogP contribution in [0.1, 0.15) is 13.8 Å². The molecule has 13 heavy (non-hydrogen) atoms. The molecule has 0 saturated heterocycles. The summed E-state index contributed by atoms with van der Waals surface area (Å²) in [6, 6.07) is 4.85. The summed E-state index contributed by atoms with van der Waals surface area (Å²) in [4.78, 5) is 6.29. The molecule has 0 bridgehead atoms. The first-order valence-electron chi connectivity index (χ1n) is 4.35. The molecule has 3 nitrogen and oxygen atoms in total. The number of anilines is 1. The van der Waals surface area contributed by atoms with E-state index in [1.807, 2.05) is 13.1 Å². The molecule has 3 heteroatoms. The number of fused-ring (bicyclic) bond motifs is 1. The number of likely N-dealkylation sites (N-methyl/N-ethyl adjacent to an activating group) is 1. The fraction of sp³-hybridized carbons (Fsp3) is 0.500. The lowest BCUT2D eigenvalue weighted by atomic mass is 10.1. The molecule has 2 rings (SSSR count). The highest BCUT2D eigenvalue weighted by atomic mass is 16.5. The van der Waals surface area contributed by atoms with Gasteiger partial charge in [-0.25, -0.2) is 4.98 Å². The Hall–Kier alpha value is -1.25. The number of hydrogen-bond donors (Lipinski definition) is 0. The largest absolute Gasteiger partial charge is 0.468 e. The van der Waals surface area contributed by atoms with Gasteiger partial charge in [-0.15, -0.1) is 0 Å². The van der Waals surface area contributed by atoms with E-state index in [1.165, 1.54) is 0 Å². The third kappa shape index (κ3) is 1.46. The summed E-state index contributed by atoms with van der Waals surface area (Å²) < 4.78 is 5.72. The van der Waals surface area contributed by atoms with Crippen LogP contribution in [-0.2, 0) is 0 Å². The van der Waals surface area contributed by atoms with Gasteiger partial charge in [0, 0.05) is 19.3 Å². The van der Waals surface area contributed by atoms with Crippen LogP contribution >= 0.6 is 0 Å². The molecule has 0 amide bonds. The molecular weight excluding hydrogens is 164 g/mol. The van der Waals surface area contributed by atoms with Gasteiger partial charge in [0.2, 0.25) is 5.88 Å². The van der Waals surface area contributed by atoms with Crippen molar-refractivity contribution in [2.75, 3.05) is 18.5 Å². The molecule has 1 aliphatic heterocycles. The highest BCUT2D eigenvalue weighted by molar-refractivity contribution is 5.55. The quantitative estimate of drug-likeness (QED) is 0.600. The van der Waals surface area contributed by atoms with Gasteiger partial charge in [0.25, 0.3) is 0 Å². The van der Waals surface area contributed by atoms with Gasteiger partial charge in [-0.2, -0.15) is 0 Å². The number of pyridine rings is 1. The molecule has 69 valence electrons. The second-order valence-electron chi connectivity index (χ2n) is 3.98. The van der Waals surface area contributed by atoms with Gasteiger partial charge >= 0.3 is 0 Å². The Balaban J connectivity index is 2.43. The summed E-state index contributed by atoms with van der Waals surface area (Å²) in [7, 11) is 2.04. The molecular formula is C10H13N2O. The third-order valence-corrected chi connectivity index (χ3v) is 2.10. The van der Waals surface area contributed by atoms with Crippen LogP contribution in [0.25, 0.3) is 0 Å². The van der Waals surface area contributed by atoms with E-state index in [-0.39, 0.29) is 5.60 Å². The summed E-state index contributed by atoms with van der Waals surface area (Å²) in [6.45, 7) is 5.00. The van der Waals surface area contributed by atoms with Gasteiger partial charge < -0.3 is 9.64 Å². The molecule has 1 aromatic rings. The molecule has 1 aliphatic rings. The monoisotopic (exact) mass is 177 g/mol. The van der Waals surface area contributed by atoms with E-state index in [9.17, 15) is 0 Å². The summed E-state index contributed by atoms with van der Waals surface area (Å²) in [5, 5.41) is 0. The molecule has 1 aromatic heterocycles. The SMILES string of the molecule is CN1CC(C)(C)Oc2nc[c]cc21. The minimum absolute atomic E-state index is 0.157. The van der Waals surface area contributed by atoms with Crippen molar-refractivity contribution in [2.24, 2.45) is 0 Å². The van der Waals surface area contributed by atoms with Crippen LogP contribution in [0.3, 0.4) is 0 Å². The first-order valence-corrected chi connectivity index (χ1v) is 4.35. The van der Waals surface area contributed by atoms with E-state index in [0.717, 1.165) is 12.2 Å². The van der Waals surface area contributed by atoms with Crippen molar-refractivity contribution < 1.29 is 4.74 Å². The second kappa shape index (κ2) is 2.62. The molecule has 0 N–H and O–H groups in total. The van der Waals surface area contributed by atoms with Crippen LogP contribution in [0, 0.1) is 6.07 Å². The Morgan fingerprint density at radius 1 is 1.62 bits per heavy atom. The van der Waals surface area contributed by atoms with Crippen molar-refractivity contribution in [3.8, 4) is 5.88 Å². The standard InChI is InChI=1S/C10H13N2O/c1-10(2)7-12(3)8-5-4-6-11-9(8)13-10/h5-6H,7H2,1-3H3. The van der Waals surface area contributed by atoms with Gasteiger partial charge in [-0.05, 0) is 19.9 Å². The van der Waals surface area contributed by atoms with Gasteiger partial charge in [0.05, 0.1) is 6.54 Å². The lowest BCUT2D eigenvalue weighted by Crippen LogP contribution is -2.45. The van der Waals surface area contributed by atoms with Gasteiger partial charge in [0.1, 0.15) is 11.3 Å². The lowest BCUT2D eigenvalue weighted by molar-refractivity contribution is 0.100. The highest BCUT2D eigenvalue weighted by Crippen LogP contribution is 2.33. The van der Waals surface area contributed by atoms with Crippen LogP contribution in [0.5, 0.6) is 5.88 Å². The number of ether oxygens (including phenoxy) is 1. The number of nitrogens with zero attached hydrogens (tertiary/aromatic N) is 2. The van der Waals surface area contributed by atoms with Crippen LogP contribution in [-0.4, -0.2) is 24.2 Å². The normalized spacial score (nSPS) is 19.2. The van der Waals surface area contributed by atoms with E-state index in [2.05, 4.69) is 29.8 Å². The first-order chi connectivity index (χ1) is 6.08. The number of hydrogen-bond acceptors (Lipinski definition) is 3. The van der Waals surface area contributed by atoms with Crippen molar-refractivity contribution in [3.63, 3.8) is 0 Å². The molecule has 2 heterocycles. The predicted molar refractivity (Wildman–Crippen MR) is 51.1 cm³/mol. The molecule has 0 aliphatic carbocycles. The van der Waals surface area contributed by atoms with Gasteiger partial charge in [-0.1, -0.05) is 0 Å². The lowest BCUT2D eigenvalue weighted by Gasteiger charge is -2.37. The molecule has 0 unspecified atom stereocenters. The highest BCUT2D eigenvalue weighted by Gasteiger charge is 2.30. The molecule has 0 saturated carbocycles. The molecule has 0 aromatic carbocycles. The Labute approximate surface area is 78.3 Å². The van der Waals surface area contributed by atoms with Crippen molar-refractivity contribution in [3.05, 3.63) is 18.3 Å². The van der Waals surface area contributed by atoms with E-state index in [4.69, 9.17) is 4.74 Å². The van der Waals surface area contributed by atoms with Crippen LogP contribution < -0.4 is 9.64 Å². The molecule has 1 radical (unpaired) electrons. The second-order valence-corrected chi connectivity index (χ2v) is 3.98. The summed E-state index contributed by atoms with van der Waals surface area (Å²) in [5.74, 6) is 0.706. The number of aromatic nitrogens is 1. The Kier molecular flexibility index (Phi) is 1.68.